The summed E-state index contributed by atoms with van der Waals surface area (Å²) < 4.78 is 0. The molecule has 0 bridgehead atoms. The molecule has 6 nitrogen and oxygen atoms in total. The van der Waals surface area contributed by atoms with Gasteiger partial charge in [-0.1, -0.05) is 13.8 Å². The van der Waals surface area contributed by atoms with Crippen LogP contribution in [0.1, 0.15) is 40.0 Å². The monoisotopic (exact) mass is 310 g/mol. The molecule has 2 aliphatic rings. The van der Waals surface area contributed by atoms with Gasteiger partial charge in [0.25, 0.3) is 0 Å². The summed E-state index contributed by atoms with van der Waals surface area (Å²) in [6.45, 7) is 7.99. The molecular formula is C16H30N4O2. The van der Waals surface area contributed by atoms with Crippen LogP contribution in [0.15, 0.2) is 0 Å². The fraction of sp³-hybridized carbons (Fsp3) is 0.875. The molecule has 2 unspecified atom stereocenters. The Morgan fingerprint density at radius 2 is 2.00 bits per heavy atom. The predicted molar refractivity (Wildman–Crippen MR) is 86.2 cm³/mol. The van der Waals surface area contributed by atoms with E-state index in [1.54, 1.807) is 7.05 Å². The Labute approximate surface area is 133 Å². The summed E-state index contributed by atoms with van der Waals surface area (Å²) >= 11 is 0. The Morgan fingerprint density at radius 3 is 2.55 bits per heavy atom. The molecule has 3 N–H and O–H groups in total. The molecular weight excluding hydrogens is 280 g/mol. The molecule has 6 heteroatoms. The highest BCUT2D eigenvalue weighted by Crippen LogP contribution is 2.29. The Kier molecular flexibility index (Phi) is 5.12. The molecule has 0 spiro atoms. The Hall–Kier alpha value is -1.14. The molecule has 1 saturated heterocycles. The number of likely N-dealkylation sites (tertiary alicyclic amines) is 1. The molecule has 1 saturated carbocycles. The predicted octanol–water partition coefficient (Wildman–Crippen LogP) is 0.171. The van der Waals surface area contributed by atoms with E-state index in [2.05, 4.69) is 24.1 Å². The smallest absolute Gasteiger partial charge is 0.239 e. The van der Waals surface area contributed by atoms with E-state index >= 15 is 0 Å². The summed E-state index contributed by atoms with van der Waals surface area (Å²) in [5, 5.41) is 2.91. The summed E-state index contributed by atoms with van der Waals surface area (Å²) in [4.78, 5) is 28.1. The number of likely N-dealkylation sites (N-methyl/N-ethyl adjacent to an activating group) is 1. The first-order valence-electron chi connectivity index (χ1n) is 8.24. The average molecular weight is 310 g/mol. The number of nitrogens with two attached hydrogens (primary N) is 1. The van der Waals surface area contributed by atoms with Gasteiger partial charge in [-0.05, 0) is 31.6 Å². The van der Waals surface area contributed by atoms with Gasteiger partial charge in [-0.15, -0.1) is 0 Å². The van der Waals surface area contributed by atoms with Gasteiger partial charge in [0.15, 0.2) is 0 Å². The van der Waals surface area contributed by atoms with Gasteiger partial charge < -0.3 is 16.0 Å². The molecule has 0 aromatic rings. The van der Waals surface area contributed by atoms with Crippen molar-refractivity contribution in [2.45, 2.75) is 58.2 Å². The van der Waals surface area contributed by atoms with Crippen LogP contribution in [0.4, 0.5) is 0 Å². The van der Waals surface area contributed by atoms with Crippen molar-refractivity contribution in [3.05, 3.63) is 0 Å². The van der Waals surface area contributed by atoms with Gasteiger partial charge in [-0.3, -0.25) is 14.5 Å². The molecule has 0 aromatic heterocycles. The van der Waals surface area contributed by atoms with Crippen LogP contribution in [0, 0.1) is 5.41 Å². The van der Waals surface area contributed by atoms with E-state index < -0.39 is 0 Å². The van der Waals surface area contributed by atoms with E-state index in [0.717, 1.165) is 32.4 Å². The molecule has 2 fully saturated rings. The third-order valence-corrected chi connectivity index (χ3v) is 4.95. The van der Waals surface area contributed by atoms with Gasteiger partial charge in [-0.2, -0.15) is 0 Å². The van der Waals surface area contributed by atoms with Crippen LogP contribution in [-0.2, 0) is 9.59 Å². The zero-order chi connectivity index (χ0) is 16.5. The average Bonchev–Trinajstić information content (AvgIpc) is 3.23. The van der Waals surface area contributed by atoms with Gasteiger partial charge in [0.1, 0.15) is 0 Å². The van der Waals surface area contributed by atoms with Crippen LogP contribution >= 0.6 is 0 Å². The Balaban J connectivity index is 1.86. The normalized spacial score (nSPS) is 26.3. The summed E-state index contributed by atoms with van der Waals surface area (Å²) in [5.74, 6) is -0.0660. The maximum absolute atomic E-state index is 12.5. The highest BCUT2D eigenvalue weighted by atomic mass is 16.2. The van der Waals surface area contributed by atoms with Crippen molar-refractivity contribution in [3.63, 3.8) is 0 Å². The summed E-state index contributed by atoms with van der Waals surface area (Å²) in [7, 11) is 1.70. The fourth-order valence-electron chi connectivity index (χ4n) is 3.02. The number of carbonyl (C=O) groups excluding carboxylic acids is 2. The molecule has 22 heavy (non-hydrogen) atoms. The molecule has 0 aromatic carbocycles. The van der Waals surface area contributed by atoms with Gasteiger partial charge in [0.2, 0.25) is 11.8 Å². The minimum atomic E-state index is -0.217. The van der Waals surface area contributed by atoms with Crippen LogP contribution in [0.2, 0.25) is 0 Å². The number of piperidine rings is 1. The largest absolute Gasteiger partial charge is 0.352 e. The van der Waals surface area contributed by atoms with E-state index in [0.29, 0.717) is 6.04 Å². The molecule has 1 heterocycles. The van der Waals surface area contributed by atoms with Gasteiger partial charge in [0.05, 0.1) is 12.6 Å². The zero-order valence-electron chi connectivity index (χ0n) is 14.3. The van der Waals surface area contributed by atoms with E-state index in [1.807, 2.05) is 6.92 Å². The second-order valence-electron chi connectivity index (χ2n) is 7.57. The standard InChI is InChI=1S/C16H30N4O2/c1-11(20-8-7-13(17)16(2,3)10-20)15(22)19(4)9-14(21)18-12-5-6-12/h11-13H,5-10,17H2,1-4H3,(H,18,21). The van der Waals surface area contributed by atoms with Crippen LogP contribution in [0.25, 0.3) is 0 Å². The van der Waals surface area contributed by atoms with Crippen LogP contribution in [0.3, 0.4) is 0 Å². The maximum atomic E-state index is 12.5. The molecule has 2 rings (SSSR count). The van der Waals surface area contributed by atoms with Crippen LogP contribution in [0.5, 0.6) is 0 Å². The lowest BCUT2D eigenvalue weighted by atomic mass is 9.79. The van der Waals surface area contributed by atoms with Crippen molar-refractivity contribution in [2.24, 2.45) is 11.1 Å². The summed E-state index contributed by atoms with van der Waals surface area (Å²) in [6.07, 6.45) is 3.02. The summed E-state index contributed by atoms with van der Waals surface area (Å²) in [6, 6.07) is 0.288. The zero-order valence-corrected chi connectivity index (χ0v) is 14.3. The molecule has 2 amide bonds. The maximum Gasteiger partial charge on any atom is 0.239 e. The van der Waals surface area contributed by atoms with Crippen LogP contribution in [-0.4, -0.2) is 66.4 Å². The van der Waals surface area contributed by atoms with Crippen LogP contribution < -0.4 is 11.1 Å². The van der Waals surface area contributed by atoms with Crippen molar-refractivity contribution < 1.29 is 9.59 Å². The molecule has 0 radical (unpaired) electrons. The minimum absolute atomic E-state index is 0.00258. The number of carbonyl (C=O) groups is 2. The molecule has 1 aliphatic carbocycles. The van der Waals surface area contributed by atoms with E-state index in [4.69, 9.17) is 5.73 Å². The topological polar surface area (TPSA) is 78.7 Å². The SMILES string of the molecule is CC(C(=O)N(C)CC(=O)NC1CC1)N1CCC(N)C(C)(C)C1. The third kappa shape index (κ3) is 4.20. The second-order valence-corrected chi connectivity index (χ2v) is 7.57. The van der Waals surface area contributed by atoms with Gasteiger partial charge in [-0.25, -0.2) is 0 Å². The number of hydrogen-bond donors (Lipinski definition) is 2. The first-order chi connectivity index (χ1) is 10.2. The van der Waals surface area contributed by atoms with E-state index in [-0.39, 0.29) is 35.9 Å². The highest BCUT2D eigenvalue weighted by molar-refractivity contribution is 5.87. The number of nitrogens with one attached hydrogen (secondary N) is 1. The molecule has 1 aliphatic heterocycles. The lowest BCUT2D eigenvalue weighted by Crippen LogP contribution is -2.57. The Morgan fingerprint density at radius 1 is 1.36 bits per heavy atom. The third-order valence-electron chi connectivity index (χ3n) is 4.95. The van der Waals surface area contributed by atoms with Crippen molar-refractivity contribution in [1.82, 2.24) is 15.1 Å². The van der Waals surface area contributed by atoms with Crippen molar-refractivity contribution in [1.29, 1.82) is 0 Å². The first-order valence-corrected chi connectivity index (χ1v) is 8.24. The lowest BCUT2D eigenvalue weighted by Gasteiger charge is -2.45. The lowest BCUT2D eigenvalue weighted by molar-refractivity contribution is -0.139. The van der Waals surface area contributed by atoms with Gasteiger partial charge >= 0.3 is 0 Å². The van der Waals surface area contributed by atoms with Gasteiger partial charge in [0, 0.05) is 32.2 Å². The minimum Gasteiger partial charge on any atom is -0.352 e. The molecule has 126 valence electrons. The summed E-state index contributed by atoms with van der Waals surface area (Å²) in [5.41, 5.74) is 6.16. The number of rotatable bonds is 5. The van der Waals surface area contributed by atoms with E-state index in [1.165, 1.54) is 4.90 Å². The Bertz CT molecular complexity index is 434. The van der Waals surface area contributed by atoms with Crippen molar-refractivity contribution >= 4 is 11.8 Å². The molecule has 2 atom stereocenters. The number of nitrogens with zero attached hydrogens (tertiary/aromatic N) is 2. The first kappa shape index (κ1) is 17.2. The van der Waals surface area contributed by atoms with Crippen molar-refractivity contribution in [3.8, 4) is 0 Å². The number of hydrogen-bond acceptors (Lipinski definition) is 4. The fourth-order valence-corrected chi connectivity index (χ4v) is 3.02. The van der Waals surface area contributed by atoms with Crippen molar-refractivity contribution in [2.75, 3.05) is 26.7 Å². The number of amides is 2. The van der Waals surface area contributed by atoms with E-state index in [9.17, 15) is 9.59 Å². The second kappa shape index (κ2) is 6.54. The quantitative estimate of drug-likeness (QED) is 0.759. The highest BCUT2D eigenvalue weighted by Gasteiger charge is 2.37.